The summed E-state index contributed by atoms with van der Waals surface area (Å²) in [6.45, 7) is 0.554. The molecule has 90 valence electrons. The Bertz CT molecular complexity index is 458. The van der Waals surface area contributed by atoms with Crippen molar-refractivity contribution in [2.24, 2.45) is 0 Å². The highest BCUT2D eigenvalue weighted by atomic mass is 19.2. The fourth-order valence-electron chi connectivity index (χ4n) is 2.21. The standard InChI is InChI=1S/C12H12F2N2O/c13-10-2-1-8(5-11(10)14)12-6-9(17)7-16(12)4-3-15/h1-2,5,9,12,17H,4,6-7H2. The number of aliphatic hydroxyl groups excluding tert-OH is 1. The van der Waals surface area contributed by atoms with E-state index in [0.29, 0.717) is 18.5 Å². The van der Waals surface area contributed by atoms with Gasteiger partial charge in [0.2, 0.25) is 0 Å². The second-order valence-corrected chi connectivity index (χ2v) is 4.17. The molecule has 0 aliphatic carbocycles. The molecule has 0 bridgehead atoms. The third-order valence-electron chi connectivity index (χ3n) is 2.98. The number of benzene rings is 1. The summed E-state index contributed by atoms with van der Waals surface area (Å²) in [5.41, 5.74) is 0.593. The summed E-state index contributed by atoms with van der Waals surface area (Å²) >= 11 is 0. The summed E-state index contributed by atoms with van der Waals surface area (Å²) in [4.78, 5) is 1.76. The minimum Gasteiger partial charge on any atom is -0.392 e. The van der Waals surface area contributed by atoms with Crippen LogP contribution in [0.15, 0.2) is 18.2 Å². The van der Waals surface area contributed by atoms with Crippen LogP contribution < -0.4 is 0 Å². The van der Waals surface area contributed by atoms with Crippen LogP contribution in [0.5, 0.6) is 0 Å². The van der Waals surface area contributed by atoms with Crippen molar-refractivity contribution in [2.45, 2.75) is 18.6 Å². The number of likely N-dealkylation sites (tertiary alicyclic amines) is 1. The van der Waals surface area contributed by atoms with Crippen molar-refractivity contribution in [2.75, 3.05) is 13.1 Å². The summed E-state index contributed by atoms with van der Waals surface area (Å²) in [5, 5.41) is 18.2. The van der Waals surface area contributed by atoms with Crippen LogP contribution in [0.4, 0.5) is 8.78 Å². The van der Waals surface area contributed by atoms with Crippen molar-refractivity contribution in [3.05, 3.63) is 35.4 Å². The Morgan fingerprint density at radius 2 is 2.18 bits per heavy atom. The number of hydrogen-bond donors (Lipinski definition) is 1. The van der Waals surface area contributed by atoms with Crippen molar-refractivity contribution < 1.29 is 13.9 Å². The third kappa shape index (κ3) is 2.43. The maximum absolute atomic E-state index is 13.1. The Kier molecular flexibility index (Phi) is 3.36. The van der Waals surface area contributed by atoms with Gasteiger partial charge in [-0.15, -0.1) is 0 Å². The zero-order valence-electron chi connectivity index (χ0n) is 9.11. The van der Waals surface area contributed by atoms with Crippen molar-refractivity contribution in [1.29, 1.82) is 5.26 Å². The molecule has 1 N–H and O–H groups in total. The molecular formula is C12H12F2N2O. The van der Waals surface area contributed by atoms with Crippen LogP contribution in [0.1, 0.15) is 18.0 Å². The minimum absolute atomic E-state index is 0.167. The Morgan fingerprint density at radius 3 is 2.82 bits per heavy atom. The largest absolute Gasteiger partial charge is 0.392 e. The van der Waals surface area contributed by atoms with Crippen molar-refractivity contribution >= 4 is 0 Å². The third-order valence-corrected chi connectivity index (χ3v) is 2.98. The van der Waals surface area contributed by atoms with Crippen LogP contribution in [0.25, 0.3) is 0 Å². The molecule has 3 nitrogen and oxygen atoms in total. The van der Waals surface area contributed by atoms with E-state index >= 15 is 0 Å². The van der Waals surface area contributed by atoms with E-state index in [4.69, 9.17) is 5.26 Å². The molecule has 1 aliphatic rings. The first-order chi connectivity index (χ1) is 8.11. The van der Waals surface area contributed by atoms with Gasteiger partial charge in [-0.3, -0.25) is 4.90 Å². The summed E-state index contributed by atoms with van der Waals surface area (Å²) in [7, 11) is 0. The molecule has 1 aromatic rings. The van der Waals surface area contributed by atoms with Crippen molar-refractivity contribution in [1.82, 2.24) is 4.90 Å². The number of halogens is 2. The lowest BCUT2D eigenvalue weighted by atomic mass is 10.0. The maximum Gasteiger partial charge on any atom is 0.159 e. The molecule has 17 heavy (non-hydrogen) atoms. The van der Waals surface area contributed by atoms with E-state index in [0.717, 1.165) is 12.1 Å². The highest BCUT2D eigenvalue weighted by Crippen LogP contribution is 2.32. The number of nitriles is 1. The van der Waals surface area contributed by atoms with E-state index in [2.05, 4.69) is 0 Å². The Morgan fingerprint density at radius 1 is 1.41 bits per heavy atom. The lowest BCUT2D eigenvalue weighted by Crippen LogP contribution is -2.25. The second-order valence-electron chi connectivity index (χ2n) is 4.17. The zero-order chi connectivity index (χ0) is 12.4. The molecule has 2 unspecified atom stereocenters. The lowest BCUT2D eigenvalue weighted by molar-refractivity contribution is 0.179. The quantitative estimate of drug-likeness (QED) is 0.796. The molecular weight excluding hydrogens is 226 g/mol. The normalized spacial score (nSPS) is 24.8. The van der Waals surface area contributed by atoms with Crippen LogP contribution in [0, 0.1) is 23.0 Å². The van der Waals surface area contributed by atoms with Gasteiger partial charge >= 0.3 is 0 Å². The van der Waals surface area contributed by atoms with Gasteiger partial charge < -0.3 is 5.11 Å². The molecule has 2 rings (SSSR count). The fraction of sp³-hybridized carbons (Fsp3) is 0.417. The van der Waals surface area contributed by atoms with Crippen LogP contribution in [-0.2, 0) is 0 Å². The van der Waals surface area contributed by atoms with Crippen molar-refractivity contribution in [3.63, 3.8) is 0 Å². The van der Waals surface area contributed by atoms with E-state index in [1.165, 1.54) is 6.07 Å². The number of aliphatic hydroxyl groups is 1. The average molecular weight is 238 g/mol. The molecule has 1 aromatic carbocycles. The van der Waals surface area contributed by atoms with Crippen LogP contribution in [0.2, 0.25) is 0 Å². The SMILES string of the molecule is N#CCN1CC(O)CC1c1ccc(F)c(F)c1. The molecule has 0 aromatic heterocycles. The molecule has 0 radical (unpaired) electrons. The van der Waals surface area contributed by atoms with Gasteiger partial charge in [0.1, 0.15) is 0 Å². The lowest BCUT2D eigenvalue weighted by Gasteiger charge is -2.21. The molecule has 0 spiro atoms. The van der Waals surface area contributed by atoms with Gasteiger partial charge in [-0.1, -0.05) is 6.07 Å². The highest BCUT2D eigenvalue weighted by molar-refractivity contribution is 5.23. The van der Waals surface area contributed by atoms with Gasteiger partial charge in [0, 0.05) is 12.6 Å². The molecule has 0 amide bonds. The highest BCUT2D eigenvalue weighted by Gasteiger charge is 2.32. The number of hydrogen-bond acceptors (Lipinski definition) is 3. The number of β-amino-alcohol motifs (C(OH)–C–C–N with tert-alkyl or cyclic N) is 1. The monoisotopic (exact) mass is 238 g/mol. The molecule has 1 heterocycles. The van der Waals surface area contributed by atoms with Crippen LogP contribution in [-0.4, -0.2) is 29.2 Å². The van der Waals surface area contributed by atoms with E-state index < -0.39 is 17.7 Å². The van der Waals surface area contributed by atoms with Gasteiger partial charge in [-0.05, 0) is 24.1 Å². The van der Waals surface area contributed by atoms with E-state index in [1.807, 2.05) is 6.07 Å². The first-order valence-corrected chi connectivity index (χ1v) is 5.36. The molecule has 1 aliphatic heterocycles. The van der Waals surface area contributed by atoms with Crippen LogP contribution in [0.3, 0.4) is 0 Å². The van der Waals surface area contributed by atoms with E-state index in [9.17, 15) is 13.9 Å². The van der Waals surface area contributed by atoms with Gasteiger partial charge in [0.25, 0.3) is 0 Å². The molecule has 2 atom stereocenters. The van der Waals surface area contributed by atoms with Gasteiger partial charge in [0.05, 0.1) is 18.7 Å². The Balaban J connectivity index is 2.25. The van der Waals surface area contributed by atoms with E-state index in [1.54, 1.807) is 4.90 Å². The smallest absolute Gasteiger partial charge is 0.159 e. The summed E-state index contributed by atoms with van der Waals surface area (Å²) in [5.74, 6) is -1.79. The summed E-state index contributed by atoms with van der Waals surface area (Å²) in [6.07, 6.45) is -0.0892. The average Bonchev–Trinajstić information content (AvgIpc) is 2.64. The molecule has 1 fully saturated rings. The van der Waals surface area contributed by atoms with Gasteiger partial charge in [0.15, 0.2) is 11.6 Å². The Labute approximate surface area is 97.9 Å². The number of rotatable bonds is 2. The molecule has 5 heteroatoms. The number of nitrogens with zero attached hydrogens (tertiary/aromatic N) is 2. The first kappa shape index (κ1) is 12.0. The van der Waals surface area contributed by atoms with Crippen molar-refractivity contribution in [3.8, 4) is 6.07 Å². The maximum atomic E-state index is 13.1. The topological polar surface area (TPSA) is 47.3 Å². The first-order valence-electron chi connectivity index (χ1n) is 5.36. The van der Waals surface area contributed by atoms with Gasteiger partial charge in [-0.2, -0.15) is 5.26 Å². The van der Waals surface area contributed by atoms with Crippen LogP contribution >= 0.6 is 0 Å². The van der Waals surface area contributed by atoms with Gasteiger partial charge in [-0.25, -0.2) is 8.78 Å². The van der Waals surface area contributed by atoms with E-state index in [-0.39, 0.29) is 12.6 Å². The predicted molar refractivity (Wildman–Crippen MR) is 56.9 cm³/mol. The second kappa shape index (κ2) is 4.78. The summed E-state index contributed by atoms with van der Waals surface area (Å²) in [6, 6.07) is 5.47. The predicted octanol–water partition coefficient (Wildman–Crippen LogP) is 1.60. The fourth-order valence-corrected chi connectivity index (χ4v) is 2.21. The minimum atomic E-state index is -0.902. The summed E-state index contributed by atoms with van der Waals surface area (Å²) < 4.78 is 25.9. The molecule has 1 saturated heterocycles. The zero-order valence-corrected chi connectivity index (χ0v) is 9.11. The molecule has 0 saturated carbocycles. The Hall–Kier alpha value is -1.51.